The van der Waals surface area contributed by atoms with Crippen LogP contribution >= 0.6 is 11.8 Å². The van der Waals surface area contributed by atoms with Crippen LogP contribution in [0.4, 0.5) is 0 Å². The smallest absolute Gasteiger partial charge is 0.332 e. The molecule has 2 aromatic heterocycles. The molecule has 1 amide bonds. The molecule has 1 aliphatic rings. The van der Waals surface area contributed by atoms with Gasteiger partial charge < -0.3 is 14.8 Å². The Balaban J connectivity index is 1.55. The van der Waals surface area contributed by atoms with Crippen molar-refractivity contribution in [2.45, 2.75) is 31.3 Å². The van der Waals surface area contributed by atoms with Gasteiger partial charge in [-0.3, -0.25) is 18.7 Å². The molecule has 3 aromatic rings. The Morgan fingerprint density at radius 3 is 2.66 bits per heavy atom. The molecule has 1 N–H and O–H groups in total. The number of nitrogens with one attached hydrogen (secondary N) is 1. The van der Waals surface area contributed by atoms with Crippen molar-refractivity contribution in [1.82, 2.24) is 24.4 Å². The molecule has 168 valence electrons. The number of ether oxygens (including phenoxy) is 2. The van der Waals surface area contributed by atoms with Crippen LogP contribution in [0.5, 0.6) is 11.5 Å². The summed E-state index contributed by atoms with van der Waals surface area (Å²) in [6, 6.07) is 5.49. The van der Waals surface area contributed by atoms with Crippen LogP contribution in [-0.2, 0) is 25.4 Å². The minimum Gasteiger partial charge on any atom is -0.454 e. The van der Waals surface area contributed by atoms with Gasteiger partial charge >= 0.3 is 5.69 Å². The predicted molar refractivity (Wildman–Crippen MR) is 119 cm³/mol. The van der Waals surface area contributed by atoms with Crippen LogP contribution in [0.2, 0.25) is 0 Å². The first-order valence-electron chi connectivity index (χ1n) is 10.0. The third-order valence-corrected chi connectivity index (χ3v) is 6.04. The third-order valence-electron chi connectivity index (χ3n) is 5.07. The summed E-state index contributed by atoms with van der Waals surface area (Å²) in [6.45, 7) is 4.37. The van der Waals surface area contributed by atoms with E-state index < -0.39 is 11.2 Å². The zero-order valence-electron chi connectivity index (χ0n) is 18.2. The number of nitrogens with zero attached hydrogens (tertiary/aromatic N) is 4. The van der Waals surface area contributed by atoms with Gasteiger partial charge in [0.15, 0.2) is 17.1 Å². The monoisotopic (exact) mass is 457 g/mol. The van der Waals surface area contributed by atoms with Gasteiger partial charge in [-0.2, -0.15) is 0 Å². The zero-order chi connectivity index (χ0) is 23.0. The lowest BCUT2D eigenvalue weighted by atomic mass is 10.2. The molecule has 0 aliphatic carbocycles. The van der Waals surface area contributed by atoms with E-state index >= 15 is 0 Å². The van der Waals surface area contributed by atoms with Gasteiger partial charge in [0.1, 0.15) is 16.2 Å². The van der Waals surface area contributed by atoms with E-state index in [4.69, 9.17) is 9.47 Å². The Morgan fingerprint density at radius 2 is 1.91 bits per heavy atom. The molecule has 1 aliphatic heterocycles. The van der Waals surface area contributed by atoms with E-state index in [0.29, 0.717) is 28.9 Å². The van der Waals surface area contributed by atoms with Gasteiger partial charge in [-0.15, -0.1) is 0 Å². The first kappa shape index (κ1) is 21.9. The normalized spacial score (nSPS) is 12.5. The summed E-state index contributed by atoms with van der Waals surface area (Å²) in [5, 5.41) is 3.47. The van der Waals surface area contributed by atoms with E-state index in [0.717, 1.165) is 21.9 Å². The molecular weight excluding hydrogens is 434 g/mol. The lowest BCUT2D eigenvalue weighted by molar-refractivity contribution is -0.118. The van der Waals surface area contributed by atoms with Crippen LogP contribution in [0.1, 0.15) is 31.2 Å². The first-order valence-corrected chi connectivity index (χ1v) is 11.0. The number of benzene rings is 1. The summed E-state index contributed by atoms with van der Waals surface area (Å²) in [4.78, 5) is 46.5. The number of rotatable bonds is 6. The van der Waals surface area contributed by atoms with Crippen LogP contribution in [0, 0.1) is 0 Å². The molecule has 4 rings (SSSR count). The van der Waals surface area contributed by atoms with Crippen LogP contribution in [-0.4, -0.2) is 37.6 Å². The van der Waals surface area contributed by atoms with E-state index in [1.165, 1.54) is 11.6 Å². The maximum Gasteiger partial charge on any atom is 0.332 e. The van der Waals surface area contributed by atoms with Gasteiger partial charge in [0.25, 0.3) is 5.56 Å². The van der Waals surface area contributed by atoms with Crippen molar-refractivity contribution in [3.05, 3.63) is 50.4 Å². The van der Waals surface area contributed by atoms with Gasteiger partial charge in [-0.05, 0) is 17.7 Å². The van der Waals surface area contributed by atoms with Gasteiger partial charge in [-0.25, -0.2) is 14.8 Å². The Morgan fingerprint density at radius 1 is 1.16 bits per heavy atom. The molecule has 0 bridgehead atoms. The van der Waals surface area contributed by atoms with Crippen molar-refractivity contribution in [2.24, 2.45) is 14.1 Å². The van der Waals surface area contributed by atoms with E-state index in [1.807, 2.05) is 26.0 Å². The molecule has 0 atom stereocenters. The number of fused-ring (bicyclic) bond motifs is 2. The summed E-state index contributed by atoms with van der Waals surface area (Å²) in [5.41, 5.74) is 0.195. The Hall–Kier alpha value is -3.34. The molecule has 11 heteroatoms. The van der Waals surface area contributed by atoms with E-state index in [-0.39, 0.29) is 35.4 Å². The van der Waals surface area contributed by atoms with Gasteiger partial charge in [0.2, 0.25) is 12.7 Å². The van der Waals surface area contributed by atoms with Crippen molar-refractivity contribution in [2.75, 3.05) is 12.5 Å². The van der Waals surface area contributed by atoms with E-state index in [9.17, 15) is 14.4 Å². The Bertz CT molecular complexity index is 1330. The largest absolute Gasteiger partial charge is 0.454 e. The van der Waals surface area contributed by atoms with Crippen LogP contribution in [0.25, 0.3) is 11.0 Å². The highest BCUT2D eigenvalue weighted by molar-refractivity contribution is 8.00. The second-order valence-corrected chi connectivity index (χ2v) is 8.66. The van der Waals surface area contributed by atoms with Crippen LogP contribution in [0.3, 0.4) is 0 Å². The van der Waals surface area contributed by atoms with Crippen molar-refractivity contribution in [3.8, 4) is 11.5 Å². The fraction of sp³-hybridized carbons (Fsp3) is 0.381. The minimum atomic E-state index is -0.485. The molecule has 0 saturated heterocycles. The average Bonchev–Trinajstić information content (AvgIpc) is 3.25. The molecule has 0 unspecified atom stereocenters. The van der Waals surface area contributed by atoms with Gasteiger partial charge in [0.05, 0.1) is 5.75 Å². The van der Waals surface area contributed by atoms with Crippen molar-refractivity contribution in [3.63, 3.8) is 0 Å². The lowest BCUT2D eigenvalue weighted by Gasteiger charge is -2.13. The summed E-state index contributed by atoms with van der Waals surface area (Å²) in [6.07, 6.45) is 0. The van der Waals surface area contributed by atoms with Crippen LogP contribution in [0.15, 0.2) is 32.8 Å². The molecule has 0 spiro atoms. The predicted octanol–water partition coefficient (Wildman–Crippen LogP) is 1.29. The molecule has 0 radical (unpaired) electrons. The third kappa shape index (κ3) is 4.07. The maximum atomic E-state index is 12.8. The van der Waals surface area contributed by atoms with E-state index in [1.54, 1.807) is 13.1 Å². The molecular formula is C21H23N5O5S. The Labute approximate surface area is 187 Å². The SMILES string of the molecule is CC(C)c1nc(SCC(=O)NCc2ccc3c(c2)OCO3)c2c(=O)n(C)c(=O)n(C)c2n1. The number of amides is 1. The maximum absolute atomic E-state index is 12.8. The number of hydrogen-bond acceptors (Lipinski definition) is 8. The highest BCUT2D eigenvalue weighted by atomic mass is 32.2. The van der Waals surface area contributed by atoms with Crippen molar-refractivity contribution >= 4 is 28.7 Å². The van der Waals surface area contributed by atoms with Gasteiger partial charge in [0, 0.05) is 26.6 Å². The number of carbonyl (C=O) groups is 1. The quantitative estimate of drug-likeness (QED) is 0.435. The second-order valence-electron chi connectivity index (χ2n) is 7.70. The standard InChI is InChI=1S/C21H23N5O5S/c1-11(2)17-23-18-16(20(28)26(4)21(29)25(18)3)19(24-17)32-9-15(27)22-8-12-5-6-13-14(7-12)31-10-30-13/h5-7,11H,8-10H2,1-4H3,(H,22,27). The molecule has 32 heavy (non-hydrogen) atoms. The minimum absolute atomic E-state index is 0.0160. The summed E-state index contributed by atoms with van der Waals surface area (Å²) < 4.78 is 13.0. The summed E-state index contributed by atoms with van der Waals surface area (Å²) in [5.74, 6) is 1.67. The summed E-state index contributed by atoms with van der Waals surface area (Å²) >= 11 is 1.15. The zero-order valence-corrected chi connectivity index (χ0v) is 19.0. The molecule has 1 aromatic carbocycles. The highest BCUT2D eigenvalue weighted by Gasteiger charge is 2.19. The average molecular weight is 458 g/mol. The fourth-order valence-corrected chi connectivity index (χ4v) is 4.10. The number of thioether (sulfide) groups is 1. The second kappa shape index (κ2) is 8.65. The highest BCUT2D eigenvalue weighted by Crippen LogP contribution is 2.32. The van der Waals surface area contributed by atoms with Crippen molar-refractivity contribution < 1.29 is 14.3 Å². The number of aromatic nitrogens is 4. The number of hydrogen-bond donors (Lipinski definition) is 1. The molecule has 3 heterocycles. The van der Waals surface area contributed by atoms with E-state index in [2.05, 4.69) is 15.3 Å². The van der Waals surface area contributed by atoms with Gasteiger partial charge in [-0.1, -0.05) is 31.7 Å². The fourth-order valence-electron chi connectivity index (χ4n) is 3.24. The van der Waals surface area contributed by atoms with Crippen LogP contribution < -0.4 is 26.0 Å². The Kier molecular flexibility index (Phi) is 5.92. The molecule has 0 saturated carbocycles. The first-order chi connectivity index (χ1) is 15.3. The summed E-state index contributed by atoms with van der Waals surface area (Å²) in [7, 11) is 2.97. The van der Waals surface area contributed by atoms with Crippen molar-refractivity contribution in [1.29, 1.82) is 0 Å². The lowest BCUT2D eigenvalue weighted by Crippen LogP contribution is -2.38. The molecule has 0 fully saturated rings. The number of aryl methyl sites for hydroxylation is 1. The number of carbonyl (C=O) groups excluding carboxylic acids is 1. The topological polar surface area (TPSA) is 117 Å². The molecule has 10 nitrogen and oxygen atoms in total.